The summed E-state index contributed by atoms with van der Waals surface area (Å²) >= 11 is 0. The summed E-state index contributed by atoms with van der Waals surface area (Å²) in [5.74, 6) is 0.536. The zero-order valence-corrected chi connectivity index (χ0v) is 10.2. The van der Waals surface area contributed by atoms with E-state index in [0.29, 0.717) is 5.78 Å². The third kappa shape index (κ3) is 1.55. The Bertz CT molecular complexity index is 828. The fourth-order valence-corrected chi connectivity index (χ4v) is 2.44. The zero-order valence-electron chi connectivity index (χ0n) is 10.2. The third-order valence-corrected chi connectivity index (χ3v) is 3.32. The molecule has 1 aliphatic rings. The number of rotatable bonds is 1. The van der Waals surface area contributed by atoms with Gasteiger partial charge in [-0.15, -0.1) is 0 Å². The van der Waals surface area contributed by atoms with Crippen LogP contribution in [0.15, 0.2) is 42.5 Å². The van der Waals surface area contributed by atoms with Gasteiger partial charge >= 0.3 is 0 Å². The van der Waals surface area contributed by atoms with Crippen LogP contribution in [0.3, 0.4) is 0 Å². The van der Waals surface area contributed by atoms with Crippen molar-refractivity contribution < 1.29 is 0 Å². The Balaban J connectivity index is 2.12. The molecule has 0 spiro atoms. The zero-order chi connectivity index (χ0) is 12.7. The molecule has 3 aromatic rings. The summed E-state index contributed by atoms with van der Waals surface area (Å²) in [5.41, 5.74) is 3.08. The van der Waals surface area contributed by atoms with E-state index in [0.717, 1.165) is 35.0 Å². The Morgan fingerprint density at radius 1 is 1.11 bits per heavy atom. The molecule has 0 aliphatic heterocycles. The van der Waals surface area contributed by atoms with Gasteiger partial charge in [-0.05, 0) is 34.9 Å². The summed E-state index contributed by atoms with van der Waals surface area (Å²) < 4.78 is 1.67. The lowest BCUT2D eigenvalue weighted by atomic mass is 10.0. The highest BCUT2D eigenvalue weighted by molar-refractivity contribution is 5.93. The highest BCUT2D eigenvalue weighted by Gasteiger charge is 2.12. The van der Waals surface area contributed by atoms with Crippen LogP contribution in [0, 0.1) is 0 Å². The minimum Gasteiger partial charge on any atom is -0.209 e. The number of fused-ring (bicyclic) bond motifs is 3. The van der Waals surface area contributed by atoms with Crippen LogP contribution in [0.5, 0.6) is 0 Å². The van der Waals surface area contributed by atoms with Crippen molar-refractivity contribution in [2.45, 2.75) is 12.8 Å². The number of hydrogen-bond acceptors (Lipinski definition) is 4. The van der Waals surface area contributed by atoms with Crippen LogP contribution in [0.2, 0.25) is 0 Å². The quantitative estimate of drug-likeness (QED) is 0.664. The van der Waals surface area contributed by atoms with Crippen LogP contribution in [-0.4, -0.2) is 25.0 Å². The van der Waals surface area contributed by atoms with Crippen LogP contribution >= 0.6 is 0 Å². The van der Waals surface area contributed by atoms with Gasteiger partial charge in [-0.25, -0.2) is 4.98 Å². The standard InChI is InChI=1S/C14H11N5/c1-2-6-10(7-3-1)13-11-8-4-5-9-12(11)19-14(15-13)16-17-18-19/h2,4-9H,1,3H2. The Labute approximate surface area is 109 Å². The van der Waals surface area contributed by atoms with E-state index in [1.165, 1.54) is 0 Å². The summed E-state index contributed by atoms with van der Waals surface area (Å²) in [4.78, 5) is 4.59. The molecular weight excluding hydrogens is 238 g/mol. The number of hydrogen-bond donors (Lipinski definition) is 0. The van der Waals surface area contributed by atoms with E-state index in [1.54, 1.807) is 4.52 Å². The first kappa shape index (κ1) is 10.4. The average Bonchev–Trinajstić information content (AvgIpc) is 2.96. The normalized spacial score (nSPS) is 15.1. The number of para-hydroxylation sites is 1. The van der Waals surface area contributed by atoms with E-state index in [4.69, 9.17) is 0 Å². The number of allylic oxidation sites excluding steroid dienone is 4. The molecule has 0 saturated carbocycles. The fraction of sp³-hybridized carbons (Fsp3) is 0.143. The molecule has 0 radical (unpaired) electrons. The van der Waals surface area contributed by atoms with Gasteiger partial charge in [0.05, 0.1) is 11.2 Å². The molecule has 19 heavy (non-hydrogen) atoms. The molecule has 5 heteroatoms. The molecule has 0 bridgehead atoms. The lowest BCUT2D eigenvalue weighted by molar-refractivity contribution is 0.840. The summed E-state index contributed by atoms with van der Waals surface area (Å²) in [5, 5.41) is 12.7. The molecule has 5 nitrogen and oxygen atoms in total. The predicted octanol–water partition coefficient (Wildman–Crippen LogP) is 2.41. The Morgan fingerprint density at radius 3 is 2.95 bits per heavy atom. The molecule has 0 N–H and O–H groups in total. The topological polar surface area (TPSA) is 56.0 Å². The van der Waals surface area contributed by atoms with Crippen LogP contribution in [0.1, 0.15) is 18.5 Å². The van der Waals surface area contributed by atoms with E-state index in [1.807, 2.05) is 18.2 Å². The van der Waals surface area contributed by atoms with Gasteiger partial charge in [0.2, 0.25) is 0 Å². The maximum absolute atomic E-state index is 4.59. The van der Waals surface area contributed by atoms with Crippen molar-refractivity contribution in [2.75, 3.05) is 0 Å². The molecule has 0 amide bonds. The van der Waals surface area contributed by atoms with Crippen LogP contribution in [-0.2, 0) is 0 Å². The number of aromatic nitrogens is 5. The number of nitrogens with zero attached hydrogens (tertiary/aromatic N) is 5. The van der Waals surface area contributed by atoms with Gasteiger partial charge in [-0.1, -0.05) is 41.5 Å². The molecule has 1 aromatic carbocycles. The Morgan fingerprint density at radius 2 is 2.05 bits per heavy atom. The summed E-state index contributed by atoms with van der Waals surface area (Å²) in [7, 11) is 0. The van der Waals surface area contributed by atoms with Gasteiger partial charge in [-0.3, -0.25) is 0 Å². The number of benzene rings is 1. The lowest BCUT2D eigenvalue weighted by Crippen LogP contribution is -1.99. The number of tetrazole rings is 1. The van der Waals surface area contributed by atoms with Crippen molar-refractivity contribution in [1.29, 1.82) is 0 Å². The van der Waals surface area contributed by atoms with Crippen LogP contribution in [0.25, 0.3) is 22.3 Å². The Kier molecular flexibility index (Phi) is 2.17. The minimum atomic E-state index is 0.536. The van der Waals surface area contributed by atoms with Gasteiger partial charge in [0.1, 0.15) is 0 Å². The fourth-order valence-electron chi connectivity index (χ4n) is 2.44. The van der Waals surface area contributed by atoms with Gasteiger partial charge in [0, 0.05) is 5.39 Å². The predicted molar refractivity (Wildman–Crippen MR) is 72.4 cm³/mol. The van der Waals surface area contributed by atoms with Crippen LogP contribution < -0.4 is 0 Å². The monoisotopic (exact) mass is 249 g/mol. The second-order valence-electron chi connectivity index (χ2n) is 4.51. The van der Waals surface area contributed by atoms with E-state index >= 15 is 0 Å². The average molecular weight is 249 g/mol. The SMILES string of the molecule is C1=CC(c2nc3nnnn3c3ccccc23)=CCC1. The molecule has 0 saturated heterocycles. The highest BCUT2D eigenvalue weighted by Crippen LogP contribution is 2.27. The first-order valence-electron chi connectivity index (χ1n) is 6.27. The Hall–Kier alpha value is -2.56. The second-order valence-corrected chi connectivity index (χ2v) is 4.51. The van der Waals surface area contributed by atoms with E-state index in [-0.39, 0.29) is 0 Å². The van der Waals surface area contributed by atoms with Crippen molar-refractivity contribution in [3.63, 3.8) is 0 Å². The van der Waals surface area contributed by atoms with Crippen molar-refractivity contribution in [3.05, 3.63) is 48.2 Å². The molecule has 2 aromatic heterocycles. The largest absolute Gasteiger partial charge is 0.274 e. The van der Waals surface area contributed by atoms with Gasteiger partial charge in [0.15, 0.2) is 0 Å². The molecule has 92 valence electrons. The summed E-state index contributed by atoms with van der Waals surface area (Å²) in [6, 6.07) is 8.06. The molecule has 4 rings (SSSR count). The first-order valence-corrected chi connectivity index (χ1v) is 6.27. The van der Waals surface area contributed by atoms with Crippen molar-refractivity contribution in [3.8, 4) is 0 Å². The summed E-state index contributed by atoms with van der Waals surface area (Å²) in [6.07, 6.45) is 8.67. The van der Waals surface area contributed by atoms with Gasteiger partial charge in [0.25, 0.3) is 5.78 Å². The van der Waals surface area contributed by atoms with Crippen LogP contribution in [0.4, 0.5) is 0 Å². The summed E-state index contributed by atoms with van der Waals surface area (Å²) in [6.45, 7) is 0. The maximum Gasteiger partial charge on any atom is 0.274 e. The molecule has 2 heterocycles. The molecule has 0 atom stereocenters. The molecule has 0 unspecified atom stereocenters. The lowest BCUT2D eigenvalue weighted by Gasteiger charge is -2.09. The van der Waals surface area contributed by atoms with Crippen molar-refractivity contribution in [1.82, 2.24) is 25.0 Å². The van der Waals surface area contributed by atoms with E-state index < -0.39 is 0 Å². The van der Waals surface area contributed by atoms with Crippen molar-refractivity contribution in [2.24, 2.45) is 0 Å². The third-order valence-electron chi connectivity index (χ3n) is 3.32. The van der Waals surface area contributed by atoms with Crippen molar-refractivity contribution >= 4 is 22.3 Å². The molecular formula is C14H11N5. The van der Waals surface area contributed by atoms with Gasteiger partial charge < -0.3 is 0 Å². The molecule has 1 aliphatic carbocycles. The van der Waals surface area contributed by atoms with E-state index in [2.05, 4.69) is 44.8 Å². The second kappa shape index (κ2) is 3.98. The maximum atomic E-state index is 4.59. The first-order chi connectivity index (χ1) is 9.43. The minimum absolute atomic E-state index is 0.536. The van der Waals surface area contributed by atoms with Gasteiger partial charge in [-0.2, -0.15) is 4.52 Å². The highest BCUT2D eigenvalue weighted by atomic mass is 15.5. The van der Waals surface area contributed by atoms with E-state index in [9.17, 15) is 0 Å². The molecule has 0 fully saturated rings. The smallest absolute Gasteiger partial charge is 0.209 e.